The van der Waals surface area contributed by atoms with E-state index in [0.717, 1.165) is 11.3 Å². The van der Waals surface area contributed by atoms with E-state index in [1.54, 1.807) is 12.3 Å². The minimum absolute atomic E-state index is 0.137. The van der Waals surface area contributed by atoms with Gasteiger partial charge in [0.05, 0.1) is 6.10 Å². The molecule has 0 bridgehead atoms. The summed E-state index contributed by atoms with van der Waals surface area (Å²) in [5.41, 5.74) is 3.40. The first-order chi connectivity index (χ1) is 8.69. The number of anilines is 1. The van der Waals surface area contributed by atoms with Crippen molar-refractivity contribution in [3.63, 3.8) is 0 Å². The molecule has 0 saturated carbocycles. The number of hydrogen-bond donors (Lipinski definition) is 2. The van der Waals surface area contributed by atoms with Crippen LogP contribution in [-0.2, 0) is 0 Å². The highest BCUT2D eigenvalue weighted by Gasteiger charge is 2.04. The second-order valence-corrected chi connectivity index (χ2v) is 4.10. The zero-order valence-electron chi connectivity index (χ0n) is 10.4. The van der Waals surface area contributed by atoms with Gasteiger partial charge in [-0.3, -0.25) is 0 Å². The minimum Gasteiger partial charge on any atom is -0.491 e. The number of nitrogens with zero attached hydrogens (tertiary/aromatic N) is 2. The highest BCUT2D eigenvalue weighted by atomic mass is 16.5. The molecule has 0 fully saturated rings. The Morgan fingerprint density at radius 2 is 2.11 bits per heavy atom. The van der Waals surface area contributed by atoms with E-state index in [9.17, 15) is 0 Å². The fourth-order valence-corrected chi connectivity index (χ4v) is 1.56. The van der Waals surface area contributed by atoms with Crippen LogP contribution in [0.25, 0.3) is 11.4 Å². The first kappa shape index (κ1) is 12.3. The fourth-order valence-electron chi connectivity index (χ4n) is 1.56. The molecule has 5 nitrogen and oxygen atoms in total. The highest BCUT2D eigenvalue weighted by Crippen LogP contribution is 2.22. The third-order valence-corrected chi connectivity index (χ3v) is 2.27. The lowest BCUT2D eigenvalue weighted by Gasteiger charge is -2.10. The zero-order valence-corrected chi connectivity index (χ0v) is 10.4. The standard InChI is InChI=1S/C13H16N4O/c1-9(2)18-11-5-3-4-10(8-11)13-15-7-6-12(16-13)17-14/h3-9H,14H2,1-2H3,(H,15,16,17). The van der Waals surface area contributed by atoms with E-state index < -0.39 is 0 Å². The first-order valence-corrected chi connectivity index (χ1v) is 5.76. The number of ether oxygens (including phenoxy) is 1. The molecule has 0 radical (unpaired) electrons. The quantitative estimate of drug-likeness (QED) is 0.637. The van der Waals surface area contributed by atoms with E-state index in [-0.39, 0.29) is 6.10 Å². The van der Waals surface area contributed by atoms with Gasteiger partial charge in [0, 0.05) is 17.8 Å². The molecule has 0 spiro atoms. The molecule has 2 aromatic rings. The molecule has 5 heteroatoms. The molecule has 0 amide bonds. The zero-order chi connectivity index (χ0) is 13.0. The van der Waals surface area contributed by atoms with Crippen LogP contribution in [0.15, 0.2) is 36.5 Å². The molecule has 0 aliphatic carbocycles. The normalized spacial score (nSPS) is 10.4. The Labute approximate surface area is 106 Å². The van der Waals surface area contributed by atoms with Crippen LogP contribution >= 0.6 is 0 Å². The lowest BCUT2D eigenvalue weighted by atomic mass is 10.2. The molecular formula is C13H16N4O. The van der Waals surface area contributed by atoms with Crippen molar-refractivity contribution in [3.8, 4) is 17.1 Å². The van der Waals surface area contributed by atoms with Crippen LogP contribution in [0.5, 0.6) is 5.75 Å². The van der Waals surface area contributed by atoms with E-state index in [4.69, 9.17) is 10.6 Å². The Hall–Kier alpha value is -2.14. The molecule has 3 N–H and O–H groups in total. The molecule has 0 aliphatic heterocycles. The molecule has 0 saturated heterocycles. The average molecular weight is 244 g/mol. The summed E-state index contributed by atoms with van der Waals surface area (Å²) in [5, 5.41) is 0. The summed E-state index contributed by atoms with van der Waals surface area (Å²) in [6.45, 7) is 3.98. The van der Waals surface area contributed by atoms with Gasteiger partial charge in [-0.25, -0.2) is 15.8 Å². The third kappa shape index (κ3) is 2.95. The molecule has 18 heavy (non-hydrogen) atoms. The Morgan fingerprint density at radius 1 is 1.28 bits per heavy atom. The van der Waals surface area contributed by atoms with Gasteiger partial charge in [0.15, 0.2) is 5.82 Å². The monoisotopic (exact) mass is 244 g/mol. The van der Waals surface area contributed by atoms with Crippen LogP contribution in [-0.4, -0.2) is 16.1 Å². The van der Waals surface area contributed by atoms with Gasteiger partial charge in [-0.1, -0.05) is 12.1 Å². The van der Waals surface area contributed by atoms with Crippen molar-refractivity contribution < 1.29 is 4.74 Å². The summed E-state index contributed by atoms with van der Waals surface area (Å²) in [6, 6.07) is 9.38. The number of nitrogens with two attached hydrogens (primary N) is 1. The molecule has 1 aromatic carbocycles. The number of hydrazine groups is 1. The number of nitrogen functional groups attached to an aromatic ring is 1. The van der Waals surface area contributed by atoms with Crippen molar-refractivity contribution >= 4 is 5.82 Å². The van der Waals surface area contributed by atoms with Gasteiger partial charge in [0.1, 0.15) is 11.6 Å². The Balaban J connectivity index is 2.32. The summed E-state index contributed by atoms with van der Waals surface area (Å²) in [4.78, 5) is 8.49. The van der Waals surface area contributed by atoms with E-state index >= 15 is 0 Å². The van der Waals surface area contributed by atoms with Gasteiger partial charge in [-0.15, -0.1) is 0 Å². The number of aromatic nitrogens is 2. The topological polar surface area (TPSA) is 73.1 Å². The van der Waals surface area contributed by atoms with Crippen molar-refractivity contribution in [2.45, 2.75) is 20.0 Å². The maximum atomic E-state index is 5.64. The summed E-state index contributed by atoms with van der Waals surface area (Å²) >= 11 is 0. The van der Waals surface area contributed by atoms with Crippen molar-refractivity contribution in [2.24, 2.45) is 5.84 Å². The van der Waals surface area contributed by atoms with E-state index in [0.29, 0.717) is 11.6 Å². The van der Waals surface area contributed by atoms with Crippen molar-refractivity contribution in [1.29, 1.82) is 0 Å². The second-order valence-electron chi connectivity index (χ2n) is 4.10. The van der Waals surface area contributed by atoms with Crippen LogP contribution in [0.2, 0.25) is 0 Å². The first-order valence-electron chi connectivity index (χ1n) is 5.76. The van der Waals surface area contributed by atoms with Crippen LogP contribution in [0.3, 0.4) is 0 Å². The highest BCUT2D eigenvalue weighted by molar-refractivity contribution is 5.58. The Kier molecular flexibility index (Phi) is 3.74. The van der Waals surface area contributed by atoms with Gasteiger partial charge in [0.25, 0.3) is 0 Å². The lowest BCUT2D eigenvalue weighted by molar-refractivity contribution is 0.242. The summed E-state index contributed by atoms with van der Waals surface area (Å²) in [5.74, 6) is 7.32. The van der Waals surface area contributed by atoms with Gasteiger partial charge in [0.2, 0.25) is 0 Å². The smallest absolute Gasteiger partial charge is 0.161 e. The average Bonchev–Trinajstić information content (AvgIpc) is 2.38. The molecule has 0 atom stereocenters. The predicted molar refractivity (Wildman–Crippen MR) is 71.0 cm³/mol. The van der Waals surface area contributed by atoms with Crippen LogP contribution in [0.4, 0.5) is 5.82 Å². The van der Waals surface area contributed by atoms with Gasteiger partial charge in [-0.2, -0.15) is 0 Å². The van der Waals surface area contributed by atoms with Crippen LogP contribution in [0, 0.1) is 0 Å². The van der Waals surface area contributed by atoms with Crippen molar-refractivity contribution in [3.05, 3.63) is 36.5 Å². The van der Waals surface area contributed by atoms with Gasteiger partial charge in [-0.05, 0) is 26.0 Å². The molecule has 0 unspecified atom stereocenters. The molecule has 0 aliphatic rings. The lowest BCUT2D eigenvalue weighted by Crippen LogP contribution is -2.09. The number of benzene rings is 1. The molecule has 1 aromatic heterocycles. The molecule has 94 valence electrons. The predicted octanol–water partition coefficient (Wildman–Crippen LogP) is 2.22. The summed E-state index contributed by atoms with van der Waals surface area (Å²) < 4.78 is 5.64. The minimum atomic E-state index is 0.137. The largest absolute Gasteiger partial charge is 0.491 e. The van der Waals surface area contributed by atoms with Crippen molar-refractivity contribution in [1.82, 2.24) is 9.97 Å². The fraction of sp³-hybridized carbons (Fsp3) is 0.231. The maximum Gasteiger partial charge on any atom is 0.161 e. The van der Waals surface area contributed by atoms with Gasteiger partial charge >= 0.3 is 0 Å². The maximum absolute atomic E-state index is 5.64. The van der Waals surface area contributed by atoms with Crippen molar-refractivity contribution in [2.75, 3.05) is 5.43 Å². The number of nitrogens with one attached hydrogen (secondary N) is 1. The molecule has 2 rings (SSSR count). The van der Waals surface area contributed by atoms with Crippen LogP contribution < -0.4 is 16.0 Å². The SMILES string of the molecule is CC(C)Oc1cccc(-c2nccc(NN)n2)c1. The summed E-state index contributed by atoms with van der Waals surface area (Å²) in [7, 11) is 0. The van der Waals surface area contributed by atoms with E-state index in [2.05, 4.69) is 15.4 Å². The second kappa shape index (κ2) is 5.46. The Bertz CT molecular complexity index is 528. The summed E-state index contributed by atoms with van der Waals surface area (Å²) in [6.07, 6.45) is 1.80. The van der Waals surface area contributed by atoms with Crippen LogP contribution in [0.1, 0.15) is 13.8 Å². The third-order valence-electron chi connectivity index (χ3n) is 2.27. The van der Waals surface area contributed by atoms with Gasteiger partial charge < -0.3 is 10.2 Å². The number of hydrogen-bond acceptors (Lipinski definition) is 5. The van der Waals surface area contributed by atoms with E-state index in [1.807, 2.05) is 38.1 Å². The number of rotatable bonds is 4. The van der Waals surface area contributed by atoms with E-state index in [1.165, 1.54) is 0 Å². The molecular weight excluding hydrogens is 228 g/mol. The Morgan fingerprint density at radius 3 is 2.83 bits per heavy atom. The molecule has 1 heterocycles.